The molecule has 7 heteroatoms. The molecule has 2 aromatic rings. The summed E-state index contributed by atoms with van der Waals surface area (Å²) in [5.41, 5.74) is 1.01. The highest BCUT2D eigenvalue weighted by Crippen LogP contribution is 2.29. The van der Waals surface area contributed by atoms with Gasteiger partial charge < -0.3 is 15.0 Å². The van der Waals surface area contributed by atoms with Crippen LogP contribution < -0.4 is 5.32 Å². The SMILES string of the molecule is O=C(NCc1ccnc(-n2cccn2)c1)N(C[C@@H]1CCOC1)C1CC1. The number of rotatable bonds is 6. The number of hydrogen-bond acceptors (Lipinski definition) is 4. The predicted octanol–water partition coefficient (Wildman–Crippen LogP) is 1.98. The zero-order valence-corrected chi connectivity index (χ0v) is 14.2. The monoisotopic (exact) mass is 341 g/mol. The van der Waals surface area contributed by atoms with Crippen molar-refractivity contribution in [3.63, 3.8) is 0 Å². The molecule has 0 unspecified atom stereocenters. The van der Waals surface area contributed by atoms with Crippen LogP contribution in [0, 0.1) is 5.92 Å². The number of urea groups is 1. The number of amides is 2. The molecular formula is C18H23N5O2. The summed E-state index contributed by atoms with van der Waals surface area (Å²) >= 11 is 0. The summed E-state index contributed by atoms with van der Waals surface area (Å²) in [6, 6.07) is 6.14. The quantitative estimate of drug-likeness (QED) is 0.872. The lowest BCUT2D eigenvalue weighted by Gasteiger charge is -2.25. The number of carbonyl (C=O) groups is 1. The standard InChI is InChI=1S/C18H23N5O2/c24-18(22(16-2-3-16)12-15-5-9-25-13-15)20-11-14-4-7-19-17(10-14)23-8-1-6-21-23/h1,4,6-8,10,15-16H,2-3,5,9,11-13H2,(H,20,24)/t15-/m0/s1. The molecule has 1 N–H and O–H groups in total. The minimum atomic E-state index is 0.0202. The molecule has 0 bridgehead atoms. The number of nitrogens with one attached hydrogen (secondary N) is 1. The molecule has 132 valence electrons. The van der Waals surface area contributed by atoms with Gasteiger partial charge in [-0.15, -0.1) is 0 Å². The molecule has 0 spiro atoms. The topological polar surface area (TPSA) is 72.3 Å². The summed E-state index contributed by atoms with van der Waals surface area (Å²) in [7, 11) is 0. The van der Waals surface area contributed by atoms with E-state index in [1.807, 2.05) is 29.3 Å². The van der Waals surface area contributed by atoms with Crippen molar-refractivity contribution >= 4 is 6.03 Å². The molecule has 1 atom stereocenters. The molecule has 2 aliphatic rings. The van der Waals surface area contributed by atoms with Crippen LogP contribution in [0.1, 0.15) is 24.8 Å². The lowest BCUT2D eigenvalue weighted by Crippen LogP contribution is -2.43. The molecule has 1 saturated heterocycles. The van der Waals surface area contributed by atoms with Crippen LogP contribution in [-0.4, -0.2) is 51.5 Å². The molecule has 2 fully saturated rings. The van der Waals surface area contributed by atoms with Crippen molar-refractivity contribution in [2.24, 2.45) is 5.92 Å². The predicted molar refractivity (Wildman–Crippen MR) is 92.2 cm³/mol. The Morgan fingerprint density at radius 1 is 1.36 bits per heavy atom. The molecule has 0 aromatic carbocycles. The number of carbonyl (C=O) groups excluding carboxylic acids is 1. The zero-order chi connectivity index (χ0) is 17.1. The second kappa shape index (κ2) is 7.23. The van der Waals surface area contributed by atoms with E-state index >= 15 is 0 Å². The zero-order valence-electron chi connectivity index (χ0n) is 14.2. The van der Waals surface area contributed by atoms with Crippen molar-refractivity contribution in [3.8, 4) is 5.82 Å². The maximum atomic E-state index is 12.6. The summed E-state index contributed by atoms with van der Waals surface area (Å²) in [6.45, 7) is 2.87. The fourth-order valence-electron chi connectivity index (χ4n) is 3.17. The lowest BCUT2D eigenvalue weighted by molar-refractivity contribution is 0.162. The van der Waals surface area contributed by atoms with Crippen molar-refractivity contribution in [2.45, 2.75) is 31.8 Å². The van der Waals surface area contributed by atoms with Gasteiger partial charge in [0, 0.05) is 50.2 Å². The van der Waals surface area contributed by atoms with Crippen molar-refractivity contribution in [1.29, 1.82) is 0 Å². The highest BCUT2D eigenvalue weighted by atomic mass is 16.5. The molecular weight excluding hydrogens is 318 g/mol. The molecule has 1 aliphatic carbocycles. The van der Waals surface area contributed by atoms with Crippen LogP contribution >= 0.6 is 0 Å². The number of pyridine rings is 1. The van der Waals surface area contributed by atoms with Gasteiger partial charge in [-0.05, 0) is 43.0 Å². The van der Waals surface area contributed by atoms with E-state index < -0.39 is 0 Å². The first-order valence-corrected chi connectivity index (χ1v) is 8.87. The molecule has 2 aromatic heterocycles. The van der Waals surface area contributed by atoms with Gasteiger partial charge in [-0.25, -0.2) is 14.5 Å². The molecule has 25 heavy (non-hydrogen) atoms. The summed E-state index contributed by atoms with van der Waals surface area (Å²) in [5, 5.41) is 7.24. The van der Waals surface area contributed by atoms with Crippen LogP contribution in [0.3, 0.4) is 0 Å². The van der Waals surface area contributed by atoms with E-state index in [0.717, 1.165) is 50.4 Å². The minimum Gasteiger partial charge on any atom is -0.381 e. The van der Waals surface area contributed by atoms with Gasteiger partial charge in [-0.3, -0.25) is 0 Å². The first-order chi connectivity index (χ1) is 12.3. The number of aromatic nitrogens is 3. The van der Waals surface area contributed by atoms with Crippen molar-refractivity contribution in [3.05, 3.63) is 42.4 Å². The van der Waals surface area contributed by atoms with Crippen LogP contribution in [-0.2, 0) is 11.3 Å². The molecule has 0 radical (unpaired) electrons. The summed E-state index contributed by atoms with van der Waals surface area (Å²) in [6.07, 6.45) is 8.58. The van der Waals surface area contributed by atoms with Crippen LogP contribution in [0.15, 0.2) is 36.8 Å². The van der Waals surface area contributed by atoms with Gasteiger partial charge in [-0.1, -0.05) is 0 Å². The highest BCUT2D eigenvalue weighted by molar-refractivity contribution is 5.75. The van der Waals surface area contributed by atoms with Gasteiger partial charge in [-0.2, -0.15) is 5.10 Å². The molecule has 7 nitrogen and oxygen atoms in total. The van der Waals surface area contributed by atoms with Crippen LogP contribution in [0.5, 0.6) is 0 Å². The Labute approximate surface area is 147 Å². The second-order valence-corrected chi connectivity index (χ2v) is 6.74. The molecule has 3 heterocycles. The fraction of sp³-hybridized carbons (Fsp3) is 0.500. The van der Waals surface area contributed by atoms with Gasteiger partial charge in [0.2, 0.25) is 0 Å². The van der Waals surface area contributed by atoms with E-state index in [-0.39, 0.29) is 6.03 Å². The normalized spacial score (nSPS) is 19.8. The van der Waals surface area contributed by atoms with E-state index in [1.54, 1.807) is 17.1 Å². The lowest BCUT2D eigenvalue weighted by atomic mass is 10.1. The average Bonchev–Trinajstić information content (AvgIpc) is 3.12. The largest absolute Gasteiger partial charge is 0.381 e. The first-order valence-electron chi connectivity index (χ1n) is 8.87. The number of ether oxygens (including phenoxy) is 1. The van der Waals surface area contributed by atoms with Crippen LogP contribution in [0.4, 0.5) is 4.79 Å². The number of hydrogen-bond donors (Lipinski definition) is 1. The highest BCUT2D eigenvalue weighted by Gasteiger charge is 2.34. The summed E-state index contributed by atoms with van der Waals surface area (Å²) in [5.74, 6) is 1.22. The third-order valence-corrected chi connectivity index (χ3v) is 4.72. The van der Waals surface area contributed by atoms with Gasteiger partial charge in [0.25, 0.3) is 0 Å². The number of nitrogens with zero attached hydrogens (tertiary/aromatic N) is 4. The third kappa shape index (κ3) is 3.99. The van der Waals surface area contributed by atoms with Gasteiger partial charge in [0.15, 0.2) is 5.82 Å². The van der Waals surface area contributed by atoms with E-state index in [9.17, 15) is 4.79 Å². The van der Waals surface area contributed by atoms with Crippen molar-refractivity contribution in [2.75, 3.05) is 19.8 Å². The van der Waals surface area contributed by atoms with E-state index in [2.05, 4.69) is 15.4 Å². The molecule has 2 amide bonds. The molecule has 4 rings (SSSR count). The average molecular weight is 341 g/mol. The third-order valence-electron chi connectivity index (χ3n) is 4.72. The Morgan fingerprint density at radius 2 is 2.28 bits per heavy atom. The van der Waals surface area contributed by atoms with Gasteiger partial charge in [0.05, 0.1) is 6.61 Å². The van der Waals surface area contributed by atoms with Crippen molar-refractivity contribution < 1.29 is 9.53 Å². The second-order valence-electron chi connectivity index (χ2n) is 6.74. The van der Waals surface area contributed by atoms with Crippen LogP contribution in [0.25, 0.3) is 5.82 Å². The maximum absolute atomic E-state index is 12.6. The van der Waals surface area contributed by atoms with Gasteiger partial charge in [0.1, 0.15) is 0 Å². The maximum Gasteiger partial charge on any atom is 0.317 e. The first kappa shape index (κ1) is 16.1. The summed E-state index contributed by atoms with van der Waals surface area (Å²) < 4.78 is 7.15. The molecule has 1 saturated carbocycles. The Balaban J connectivity index is 1.36. The fourth-order valence-corrected chi connectivity index (χ4v) is 3.17. The smallest absolute Gasteiger partial charge is 0.317 e. The molecule has 1 aliphatic heterocycles. The Hall–Kier alpha value is -2.41. The Bertz CT molecular complexity index is 708. The van der Waals surface area contributed by atoms with E-state index in [1.165, 1.54) is 0 Å². The van der Waals surface area contributed by atoms with Gasteiger partial charge >= 0.3 is 6.03 Å². The van der Waals surface area contributed by atoms with E-state index in [0.29, 0.717) is 18.5 Å². The Morgan fingerprint density at radius 3 is 3.00 bits per heavy atom. The van der Waals surface area contributed by atoms with Crippen LogP contribution in [0.2, 0.25) is 0 Å². The summed E-state index contributed by atoms with van der Waals surface area (Å²) in [4.78, 5) is 18.9. The Kier molecular flexibility index (Phi) is 4.65. The van der Waals surface area contributed by atoms with Crippen molar-refractivity contribution in [1.82, 2.24) is 25.0 Å². The minimum absolute atomic E-state index is 0.0202. The van der Waals surface area contributed by atoms with E-state index in [4.69, 9.17) is 4.74 Å².